The van der Waals surface area contributed by atoms with E-state index >= 15 is 0 Å². The highest BCUT2D eigenvalue weighted by molar-refractivity contribution is 7.99. The molecule has 0 saturated carbocycles. The van der Waals surface area contributed by atoms with Gasteiger partial charge >= 0.3 is 0 Å². The lowest BCUT2D eigenvalue weighted by molar-refractivity contribution is 0.0740. The van der Waals surface area contributed by atoms with Gasteiger partial charge in [-0.2, -0.15) is 5.26 Å². The van der Waals surface area contributed by atoms with E-state index in [4.69, 9.17) is 5.26 Å². The lowest BCUT2D eigenvalue weighted by Crippen LogP contribution is -2.46. The minimum absolute atomic E-state index is 0.0456. The van der Waals surface area contributed by atoms with Crippen molar-refractivity contribution in [3.05, 3.63) is 21.4 Å². The molecule has 4 nitrogen and oxygen atoms in total. The minimum atomic E-state index is 0.0456. The van der Waals surface area contributed by atoms with Crippen LogP contribution in [0.4, 0.5) is 0 Å². The molecule has 0 bridgehead atoms. The second-order valence-corrected chi connectivity index (χ2v) is 7.06. The van der Waals surface area contributed by atoms with Crippen molar-refractivity contribution >= 4 is 29.0 Å². The van der Waals surface area contributed by atoms with Gasteiger partial charge in [-0.05, 0) is 18.1 Å². The van der Waals surface area contributed by atoms with E-state index in [1.807, 2.05) is 11.0 Å². The molecule has 2 aliphatic rings. The van der Waals surface area contributed by atoms with Crippen molar-refractivity contribution < 1.29 is 4.79 Å². The largest absolute Gasteiger partial charge is 0.335 e. The molecule has 1 N–H and O–H groups in total. The zero-order valence-corrected chi connectivity index (χ0v) is 12.1. The second-order valence-electron chi connectivity index (χ2n) is 4.73. The van der Waals surface area contributed by atoms with Gasteiger partial charge in [0.25, 0.3) is 5.91 Å². The predicted molar refractivity (Wildman–Crippen MR) is 77.5 cm³/mol. The van der Waals surface area contributed by atoms with Crippen LogP contribution in [0.1, 0.15) is 20.1 Å². The summed E-state index contributed by atoms with van der Waals surface area (Å²) in [6, 6.07) is 4.32. The zero-order valence-electron chi connectivity index (χ0n) is 10.5. The van der Waals surface area contributed by atoms with Crippen LogP contribution in [0, 0.1) is 11.3 Å². The summed E-state index contributed by atoms with van der Waals surface area (Å²) in [5, 5.41) is 12.3. The molecule has 0 radical (unpaired) electrons. The number of thiophene rings is 1. The normalized spacial score (nSPS) is 22.7. The van der Waals surface area contributed by atoms with E-state index < -0.39 is 0 Å². The predicted octanol–water partition coefficient (Wildman–Crippen LogP) is 1.47. The molecule has 19 heavy (non-hydrogen) atoms. The number of amides is 1. The average molecular weight is 293 g/mol. The SMILES string of the molecule is N#CC1Cc2cc(C(=O)N3CCNCC3)sc2CS1. The first-order valence-corrected chi connectivity index (χ1v) is 8.27. The highest BCUT2D eigenvalue weighted by Crippen LogP contribution is 2.35. The van der Waals surface area contributed by atoms with Crippen molar-refractivity contribution in [3.63, 3.8) is 0 Å². The molecule has 3 rings (SSSR count). The first kappa shape index (κ1) is 13.0. The summed E-state index contributed by atoms with van der Waals surface area (Å²) in [7, 11) is 0. The first-order chi connectivity index (χ1) is 9.28. The number of hydrogen-bond acceptors (Lipinski definition) is 5. The van der Waals surface area contributed by atoms with Gasteiger partial charge < -0.3 is 10.2 Å². The van der Waals surface area contributed by atoms with Gasteiger partial charge in [-0.15, -0.1) is 23.1 Å². The molecule has 1 atom stereocenters. The van der Waals surface area contributed by atoms with Crippen molar-refractivity contribution in [1.29, 1.82) is 5.26 Å². The summed E-state index contributed by atoms with van der Waals surface area (Å²) >= 11 is 3.29. The maximum absolute atomic E-state index is 12.4. The number of rotatable bonds is 1. The van der Waals surface area contributed by atoms with Crippen LogP contribution in [0.3, 0.4) is 0 Å². The summed E-state index contributed by atoms with van der Waals surface area (Å²) in [6.45, 7) is 3.33. The van der Waals surface area contributed by atoms with Crippen LogP contribution in [0.2, 0.25) is 0 Å². The Hall–Kier alpha value is -1.03. The molecule has 0 aromatic carbocycles. The van der Waals surface area contributed by atoms with Crippen molar-refractivity contribution in [2.45, 2.75) is 17.4 Å². The van der Waals surface area contributed by atoms with Crippen molar-refractivity contribution in [3.8, 4) is 6.07 Å². The Bertz CT molecular complexity index is 528. The van der Waals surface area contributed by atoms with Crippen LogP contribution < -0.4 is 5.32 Å². The van der Waals surface area contributed by atoms with E-state index in [2.05, 4.69) is 11.4 Å². The van der Waals surface area contributed by atoms with E-state index in [1.54, 1.807) is 23.1 Å². The molecule has 1 aromatic rings. The second kappa shape index (κ2) is 5.53. The van der Waals surface area contributed by atoms with Crippen molar-refractivity contribution in [1.82, 2.24) is 10.2 Å². The molecule has 100 valence electrons. The third-order valence-corrected chi connectivity index (χ3v) is 5.95. The Morgan fingerprint density at radius 2 is 2.26 bits per heavy atom. The van der Waals surface area contributed by atoms with Crippen molar-refractivity contribution in [2.24, 2.45) is 0 Å². The maximum Gasteiger partial charge on any atom is 0.264 e. The van der Waals surface area contributed by atoms with Gasteiger partial charge in [0.2, 0.25) is 0 Å². The van der Waals surface area contributed by atoms with Gasteiger partial charge in [-0.1, -0.05) is 0 Å². The molecular formula is C13H15N3OS2. The van der Waals surface area contributed by atoms with Gasteiger partial charge in [0.15, 0.2) is 0 Å². The number of nitrogens with one attached hydrogen (secondary N) is 1. The lowest BCUT2D eigenvalue weighted by Gasteiger charge is -2.26. The average Bonchev–Trinajstić information content (AvgIpc) is 2.90. The summed E-state index contributed by atoms with van der Waals surface area (Å²) in [6.07, 6.45) is 0.780. The third kappa shape index (κ3) is 2.64. The number of thioether (sulfide) groups is 1. The topological polar surface area (TPSA) is 56.1 Å². The monoisotopic (exact) mass is 293 g/mol. The smallest absolute Gasteiger partial charge is 0.264 e. The number of carbonyl (C=O) groups excluding carboxylic acids is 1. The van der Waals surface area contributed by atoms with E-state index in [1.165, 1.54) is 10.4 Å². The third-order valence-electron chi connectivity index (χ3n) is 3.48. The Morgan fingerprint density at radius 3 is 3.00 bits per heavy atom. The molecule has 1 amide bonds. The van der Waals surface area contributed by atoms with Crippen LogP contribution in [0.25, 0.3) is 0 Å². The molecule has 2 aliphatic heterocycles. The molecule has 6 heteroatoms. The van der Waals surface area contributed by atoms with Crippen LogP contribution in [0.15, 0.2) is 6.07 Å². The van der Waals surface area contributed by atoms with Crippen LogP contribution in [-0.4, -0.2) is 42.2 Å². The fourth-order valence-electron chi connectivity index (χ4n) is 2.41. The molecule has 1 fully saturated rings. The first-order valence-electron chi connectivity index (χ1n) is 6.40. The van der Waals surface area contributed by atoms with Crippen LogP contribution in [-0.2, 0) is 12.2 Å². The lowest BCUT2D eigenvalue weighted by atomic mass is 10.1. The molecule has 3 heterocycles. The maximum atomic E-state index is 12.4. The van der Waals surface area contributed by atoms with Gasteiger partial charge in [-0.3, -0.25) is 4.79 Å². The molecule has 0 aliphatic carbocycles. The van der Waals surface area contributed by atoms with E-state index in [9.17, 15) is 4.79 Å². The Balaban J connectivity index is 1.77. The quantitative estimate of drug-likeness (QED) is 0.852. The number of carbonyl (C=O) groups is 1. The fourth-order valence-corrected chi connectivity index (χ4v) is 4.71. The molecule has 1 saturated heterocycles. The van der Waals surface area contributed by atoms with E-state index in [-0.39, 0.29) is 11.2 Å². The Labute approximate surface area is 120 Å². The van der Waals surface area contributed by atoms with Gasteiger partial charge in [0.1, 0.15) is 0 Å². The fraction of sp³-hybridized carbons (Fsp3) is 0.538. The highest BCUT2D eigenvalue weighted by atomic mass is 32.2. The van der Waals surface area contributed by atoms with Crippen LogP contribution in [0.5, 0.6) is 0 Å². The van der Waals surface area contributed by atoms with Crippen LogP contribution >= 0.6 is 23.1 Å². The van der Waals surface area contributed by atoms with Gasteiger partial charge in [0, 0.05) is 36.8 Å². The summed E-state index contributed by atoms with van der Waals surface area (Å²) in [5.74, 6) is 1.02. The van der Waals surface area contributed by atoms with Gasteiger partial charge in [-0.25, -0.2) is 0 Å². The number of nitriles is 1. The van der Waals surface area contributed by atoms with E-state index in [0.717, 1.165) is 43.2 Å². The Morgan fingerprint density at radius 1 is 1.47 bits per heavy atom. The Kier molecular flexibility index (Phi) is 3.78. The number of fused-ring (bicyclic) bond motifs is 1. The number of nitrogens with zero attached hydrogens (tertiary/aromatic N) is 2. The molecule has 0 spiro atoms. The molecule has 1 unspecified atom stereocenters. The van der Waals surface area contributed by atoms with Crippen molar-refractivity contribution in [2.75, 3.05) is 26.2 Å². The number of piperazine rings is 1. The standard InChI is InChI=1S/C13H15N3OS2/c14-7-10-5-9-6-11(19-12(9)8-18-10)13(17)16-3-1-15-2-4-16/h6,10,15H,1-5,8H2. The molecular weight excluding hydrogens is 278 g/mol. The highest BCUT2D eigenvalue weighted by Gasteiger charge is 2.25. The zero-order chi connectivity index (χ0) is 13.2. The number of hydrogen-bond donors (Lipinski definition) is 1. The summed E-state index contributed by atoms with van der Waals surface area (Å²) in [5.41, 5.74) is 1.20. The molecule has 1 aromatic heterocycles. The van der Waals surface area contributed by atoms with E-state index in [0.29, 0.717) is 0 Å². The summed E-state index contributed by atoms with van der Waals surface area (Å²) < 4.78 is 0. The van der Waals surface area contributed by atoms with Gasteiger partial charge in [0.05, 0.1) is 16.2 Å². The minimum Gasteiger partial charge on any atom is -0.335 e. The summed E-state index contributed by atoms with van der Waals surface area (Å²) in [4.78, 5) is 16.4.